The predicted molar refractivity (Wildman–Crippen MR) is 87.7 cm³/mol. The molecule has 2 rings (SSSR count). The van der Waals surface area contributed by atoms with E-state index in [1.54, 1.807) is 0 Å². The number of nitrogens with one attached hydrogen (secondary N) is 1. The molecule has 0 saturated carbocycles. The topological polar surface area (TPSA) is 44.3 Å². The highest BCUT2D eigenvalue weighted by molar-refractivity contribution is 5.32. The zero-order valence-electron chi connectivity index (χ0n) is 13.9. The third-order valence-electron chi connectivity index (χ3n) is 4.37. The van der Waals surface area contributed by atoms with Crippen molar-refractivity contribution in [3.05, 3.63) is 17.5 Å². The molecule has 0 amide bonds. The van der Waals surface area contributed by atoms with Crippen LogP contribution in [0.15, 0.2) is 6.20 Å². The number of aryl methyl sites for hydroxylation is 1. The summed E-state index contributed by atoms with van der Waals surface area (Å²) in [7, 11) is 2.10. The van der Waals surface area contributed by atoms with E-state index in [1.807, 2.05) is 6.20 Å². The molecule has 0 radical (unpaired) electrons. The Morgan fingerprint density at radius 2 is 2.24 bits per heavy atom. The van der Waals surface area contributed by atoms with E-state index >= 15 is 0 Å². The second-order valence-electron chi connectivity index (χ2n) is 5.87. The molecule has 1 aliphatic rings. The first-order valence-corrected chi connectivity index (χ1v) is 8.14. The van der Waals surface area contributed by atoms with Crippen LogP contribution in [0.5, 0.6) is 0 Å². The number of likely N-dealkylation sites (tertiary alicyclic amines) is 1. The van der Waals surface area contributed by atoms with E-state index in [9.17, 15) is 0 Å². The van der Waals surface area contributed by atoms with Crippen LogP contribution in [0.2, 0.25) is 0 Å². The van der Waals surface area contributed by atoms with Gasteiger partial charge in [-0.15, -0.1) is 0 Å². The maximum Gasteiger partial charge on any atom is 0.225 e. The standard InChI is InChI=1S/C16H29N5/c1-5-17-10-14-11-18-16(19-13(14)3)20(4)12-15-8-7-9-21(15)6-2/h11,15,17H,5-10,12H2,1-4H3. The summed E-state index contributed by atoms with van der Waals surface area (Å²) in [6.45, 7) is 11.6. The van der Waals surface area contributed by atoms with E-state index in [-0.39, 0.29) is 0 Å². The highest BCUT2D eigenvalue weighted by atomic mass is 15.3. The number of hydrogen-bond donors (Lipinski definition) is 1. The minimum absolute atomic E-state index is 0.644. The zero-order valence-corrected chi connectivity index (χ0v) is 13.9. The van der Waals surface area contributed by atoms with Gasteiger partial charge in [-0.3, -0.25) is 4.90 Å². The minimum atomic E-state index is 0.644. The van der Waals surface area contributed by atoms with Crippen LogP contribution in [-0.4, -0.2) is 54.1 Å². The Balaban J connectivity index is 1.99. The fourth-order valence-corrected chi connectivity index (χ4v) is 3.01. The Kier molecular flexibility index (Phi) is 5.94. The first kappa shape index (κ1) is 16.2. The molecule has 0 bridgehead atoms. The van der Waals surface area contributed by atoms with Gasteiger partial charge in [0, 0.05) is 43.6 Å². The number of hydrogen-bond acceptors (Lipinski definition) is 5. The lowest BCUT2D eigenvalue weighted by atomic mass is 10.2. The maximum atomic E-state index is 4.68. The van der Waals surface area contributed by atoms with Crippen molar-refractivity contribution < 1.29 is 0 Å². The van der Waals surface area contributed by atoms with E-state index < -0.39 is 0 Å². The molecular formula is C16H29N5. The molecule has 2 heterocycles. The third kappa shape index (κ3) is 4.14. The van der Waals surface area contributed by atoms with Gasteiger partial charge in [-0.05, 0) is 39.4 Å². The van der Waals surface area contributed by atoms with Crippen molar-refractivity contribution in [3.63, 3.8) is 0 Å². The highest BCUT2D eigenvalue weighted by Crippen LogP contribution is 2.19. The molecule has 1 aliphatic heterocycles. The van der Waals surface area contributed by atoms with Gasteiger partial charge in [0.1, 0.15) is 0 Å². The average molecular weight is 291 g/mol. The first-order chi connectivity index (χ1) is 10.2. The van der Waals surface area contributed by atoms with E-state index in [0.717, 1.165) is 37.8 Å². The second kappa shape index (κ2) is 7.71. The number of likely N-dealkylation sites (N-methyl/N-ethyl adjacent to an activating group) is 2. The van der Waals surface area contributed by atoms with Gasteiger partial charge in [0.05, 0.1) is 0 Å². The van der Waals surface area contributed by atoms with E-state index in [2.05, 4.69) is 52.9 Å². The van der Waals surface area contributed by atoms with Crippen LogP contribution >= 0.6 is 0 Å². The van der Waals surface area contributed by atoms with Crippen LogP contribution in [0.25, 0.3) is 0 Å². The summed E-state index contributed by atoms with van der Waals surface area (Å²) in [4.78, 5) is 14.0. The fourth-order valence-electron chi connectivity index (χ4n) is 3.01. The quantitative estimate of drug-likeness (QED) is 0.830. The molecule has 5 nitrogen and oxygen atoms in total. The van der Waals surface area contributed by atoms with Gasteiger partial charge < -0.3 is 10.2 Å². The molecule has 21 heavy (non-hydrogen) atoms. The van der Waals surface area contributed by atoms with E-state index in [0.29, 0.717) is 6.04 Å². The van der Waals surface area contributed by atoms with Crippen LogP contribution in [0.1, 0.15) is 37.9 Å². The number of nitrogens with zero attached hydrogens (tertiary/aromatic N) is 4. The van der Waals surface area contributed by atoms with Crippen LogP contribution in [0.4, 0.5) is 5.95 Å². The Morgan fingerprint density at radius 1 is 1.43 bits per heavy atom. The molecule has 1 fully saturated rings. The largest absolute Gasteiger partial charge is 0.342 e. The first-order valence-electron chi connectivity index (χ1n) is 8.14. The highest BCUT2D eigenvalue weighted by Gasteiger charge is 2.24. The number of rotatable bonds is 7. The summed E-state index contributed by atoms with van der Waals surface area (Å²) in [5.41, 5.74) is 2.26. The van der Waals surface area contributed by atoms with Crippen molar-refractivity contribution in [3.8, 4) is 0 Å². The fraction of sp³-hybridized carbons (Fsp3) is 0.750. The zero-order chi connectivity index (χ0) is 15.2. The Morgan fingerprint density at radius 3 is 2.90 bits per heavy atom. The van der Waals surface area contributed by atoms with Crippen molar-refractivity contribution in [2.24, 2.45) is 0 Å². The smallest absolute Gasteiger partial charge is 0.225 e. The minimum Gasteiger partial charge on any atom is -0.342 e. The van der Waals surface area contributed by atoms with Crippen molar-refractivity contribution in [2.45, 2.75) is 46.2 Å². The second-order valence-corrected chi connectivity index (χ2v) is 5.87. The van der Waals surface area contributed by atoms with Crippen LogP contribution in [0.3, 0.4) is 0 Å². The van der Waals surface area contributed by atoms with Gasteiger partial charge in [-0.25, -0.2) is 9.97 Å². The van der Waals surface area contributed by atoms with E-state index in [4.69, 9.17) is 0 Å². The predicted octanol–water partition coefficient (Wildman–Crippen LogP) is 1.82. The van der Waals surface area contributed by atoms with Crippen molar-refractivity contribution in [1.29, 1.82) is 0 Å². The molecule has 1 unspecified atom stereocenters. The average Bonchev–Trinajstić information content (AvgIpc) is 2.93. The molecule has 1 saturated heterocycles. The molecule has 0 spiro atoms. The van der Waals surface area contributed by atoms with Gasteiger partial charge in [-0.1, -0.05) is 13.8 Å². The molecule has 118 valence electrons. The van der Waals surface area contributed by atoms with Gasteiger partial charge >= 0.3 is 0 Å². The SMILES string of the molecule is CCNCc1cnc(N(C)CC2CCCN2CC)nc1C. The molecule has 0 aliphatic carbocycles. The molecule has 1 aromatic rings. The molecule has 1 aromatic heterocycles. The van der Waals surface area contributed by atoms with Gasteiger partial charge in [0.2, 0.25) is 5.95 Å². The van der Waals surface area contributed by atoms with Crippen LogP contribution in [0, 0.1) is 6.92 Å². The van der Waals surface area contributed by atoms with Crippen LogP contribution in [-0.2, 0) is 6.54 Å². The van der Waals surface area contributed by atoms with Crippen molar-refractivity contribution in [2.75, 3.05) is 38.1 Å². The Bertz CT molecular complexity index is 448. The number of aromatic nitrogens is 2. The van der Waals surface area contributed by atoms with Gasteiger partial charge in [-0.2, -0.15) is 0 Å². The van der Waals surface area contributed by atoms with Gasteiger partial charge in [0.15, 0.2) is 0 Å². The monoisotopic (exact) mass is 291 g/mol. The summed E-state index contributed by atoms with van der Waals surface area (Å²) in [5, 5.41) is 3.33. The Labute approximate surface area is 128 Å². The van der Waals surface area contributed by atoms with Gasteiger partial charge in [0.25, 0.3) is 0 Å². The van der Waals surface area contributed by atoms with E-state index in [1.165, 1.54) is 24.9 Å². The molecule has 1 N–H and O–H groups in total. The molecular weight excluding hydrogens is 262 g/mol. The lowest BCUT2D eigenvalue weighted by Gasteiger charge is -2.28. The normalized spacial score (nSPS) is 19.1. The summed E-state index contributed by atoms with van der Waals surface area (Å²) in [6.07, 6.45) is 4.56. The number of anilines is 1. The molecule has 0 aromatic carbocycles. The molecule has 1 atom stereocenters. The lowest BCUT2D eigenvalue weighted by Crippen LogP contribution is -2.39. The summed E-state index contributed by atoms with van der Waals surface area (Å²) in [5.74, 6) is 0.843. The van der Waals surface area contributed by atoms with Crippen molar-refractivity contribution >= 4 is 5.95 Å². The lowest BCUT2D eigenvalue weighted by molar-refractivity contribution is 0.270. The third-order valence-corrected chi connectivity index (χ3v) is 4.37. The van der Waals surface area contributed by atoms with Crippen LogP contribution < -0.4 is 10.2 Å². The summed E-state index contributed by atoms with van der Waals surface area (Å²) in [6, 6.07) is 0.644. The molecule has 5 heteroatoms. The van der Waals surface area contributed by atoms with Crippen molar-refractivity contribution in [1.82, 2.24) is 20.2 Å². The maximum absolute atomic E-state index is 4.68. The summed E-state index contributed by atoms with van der Waals surface area (Å²) >= 11 is 0. The Hall–Kier alpha value is -1.20. The summed E-state index contributed by atoms with van der Waals surface area (Å²) < 4.78 is 0.